The lowest BCUT2D eigenvalue weighted by Crippen LogP contribution is -2.08. The summed E-state index contributed by atoms with van der Waals surface area (Å²) in [6.07, 6.45) is -3.28. The zero-order chi connectivity index (χ0) is 16.6. The van der Waals surface area contributed by atoms with Gasteiger partial charge in [-0.25, -0.2) is 9.67 Å². The van der Waals surface area contributed by atoms with Crippen LogP contribution >= 0.6 is 0 Å². The zero-order valence-electron chi connectivity index (χ0n) is 12.6. The number of aryl methyl sites for hydroxylation is 1. The molecule has 23 heavy (non-hydrogen) atoms. The second kappa shape index (κ2) is 5.57. The van der Waals surface area contributed by atoms with E-state index < -0.39 is 11.7 Å². The van der Waals surface area contributed by atoms with Crippen LogP contribution in [0.15, 0.2) is 36.5 Å². The lowest BCUT2D eigenvalue weighted by atomic mass is 10.1. The molecule has 120 valence electrons. The van der Waals surface area contributed by atoms with Gasteiger partial charge in [0.25, 0.3) is 0 Å². The number of hydrogen-bond donors (Lipinski definition) is 0. The Morgan fingerprint density at radius 1 is 1.22 bits per heavy atom. The number of ether oxygens (including phenoxy) is 1. The smallest absolute Gasteiger partial charge is 0.417 e. The monoisotopic (exact) mass is 321 g/mol. The molecule has 0 aliphatic carbocycles. The summed E-state index contributed by atoms with van der Waals surface area (Å²) < 4.78 is 46.9. The van der Waals surface area contributed by atoms with Crippen LogP contribution in [-0.4, -0.2) is 21.9 Å². The number of hydrogen-bond acceptors (Lipinski definition) is 3. The minimum absolute atomic E-state index is 0.00185. The van der Waals surface area contributed by atoms with E-state index in [2.05, 4.69) is 10.1 Å². The van der Waals surface area contributed by atoms with Gasteiger partial charge in [-0.2, -0.15) is 18.3 Å². The third-order valence-corrected chi connectivity index (χ3v) is 3.60. The van der Waals surface area contributed by atoms with Crippen molar-refractivity contribution in [3.05, 3.63) is 42.1 Å². The number of pyridine rings is 1. The third-order valence-electron chi connectivity index (χ3n) is 3.60. The van der Waals surface area contributed by atoms with Gasteiger partial charge in [-0.05, 0) is 25.1 Å². The lowest BCUT2D eigenvalue weighted by molar-refractivity contribution is -0.136. The highest BCUT2D eigenvalue weighted by Crippen LogP contribution is 2.38. The topological polar surface area (TPSA) is 39.9 Å². The summed E-state index contributed by atoms with van der Waals surface area (Å²) in [5.74, 6) is 0.468. The Kier molecular flexibility index (Phi) is 3.71. The Labute approximate surface area is 130 Å². The molecule has 0 saturated heterocycles. The van der Waals surface area contributed by atoms with E-state index in [1.165, 1.54) is 18.0 Å². The van der Waals surface area contributed by atoms with Gasteiger partial charge in [0.1, 0.15) is 5.75 Å². The number of fused-ring (bicyclic) bond motifs is 1. The number of alkyl halides is 3. The first-order valence-electron chi connectivity index (χ1n) is 7.03. The SMILES string of the molecule is CCn1ncc2c(C(F)(F)F)cc(-c3ccccc3OC)nc21. The number of benzene rings is 1. The molecule has 0 N–H and O–H groups in total. The van der Waals surface area contributed by atoms with E-state index in [0.29, 0.717) is 17.9 Å². The summed E-state index contributed by atoms with van der Waals surface area (Å²) in [5.41, 5.74) is 0.176. The van der Waals surface area contributed by atoms with Gasteiger partial charge >= 0.3 is 6.18 Å². The highest BCUT2D eigenvalue weighted by Gasteiger charge is 2.34. The fraction of sp³-hybridized carbons (Fsp3) is 0.250. The molecule has 0 aliphatic heterocycles. The molecule has 0 saturated carbocycles. The summed E-state index contributed by atoms with van der Waals surface area (Å²) in [6.45, 7) is 2.24. The van der Waals surface area contributed by atoms with Crippen LogP contribution in [0, 0.1) is 0 Å². The maximum absolute atomic E-state index is 13.4. The van der Waals surface area contributed by atoms with Gasteiger partial charge < -0.3 is 4.74 Å². The van der Waals surface area contributed by atoms with Crippen molar-refractivity contribution >= 4 is 11.0 Å². The number of para-hydroxylation sites is 1. The van der Waals surface area contributed by atoms with Gasteiger partial charge in [0.2, 0.25) is 0 Å². The van der Waals surface area contributed by atoms with E-state index in [0.717, 1.165) is 6.07 Å². The molecule has 2 heterocycles. The van der Waals surface area contributed by atoms with Gasteiger partial charge in [0.15, 0.2) is 5.65 Å². The predicted octanol–water partition coefficient (Wildman–Crippen LogP) is 4.15. The average molecular weight is 321 g/mol. The van der Waals surface area contributed by atoms with Crippen molar-refractivity contribution in [3.8, 4) is 17.0 Å². The molecule has 3 rings (SSSR count). The number of nitrogens with zero attached hydrogens (tertiary/aromatic N) is 3. The zero-order valence-corrected chi connectivity index (χ0v) is 12.6. The fourth-order valence-corrected chi connectivity index (χ4v) is 2.51. The van der Waals surface area contributed by atoms with E-state index in [9.17, 15) is 13.2 Å². The standard InChI is InChI=1S/C16H14F3N3O/c1-3-22-15-11(9-20-22)12(16(17,18)19)8-13(21-15)10-6-4-5-7-14(10)23-2/h4-9H,3H2,1-2H3. The molecule has 0 amide bonds. The molecule has 3 aromatic rings. The van der Waals surface area contributed by atoms with Gasteiger partial charge in [-0.15, -0.1) is 0 Å². The van der Waals surface area contributed by atoms with Crippen LogP contribution in [0.5, 0.6) is 5.75 Å². The molecule has 0 spiro atoms. The Morgan fingerprint density at radius 3 is 2.61 bits per heavy atom. The molecule has 1 aromatic carbocycles. The van der Waals surface area contributed by atoms with E-state index in [1.807, 2.05) is 0 Å². The van der Waals surface area contributed by atoms with Gasteiger partial charge in [-0.3, -0.25) is 0 Å². The molecule has 0 fully saturated rings. The number of methoxy groups -OCH3 is 1. The van der Waals surface area contributed by atoms with Gasteiger partial charge in [-0.1, -0.05) is 12.1 Å². The number of rotatable bonds is 3. The molecule has 0 bridgehead atoms. The van der Waals surface area contributed by atoms with Crippen LogP contribution in [0.3, 0.4) is 0 Å². The molecular formula is C16H14F3N3O. The van der Waals surface area contributed by atoms with Crippen LogP contribution in [0.2, 0.25) is 0 Å². The normalized spacial score (nSPS) is 11.9. The van der Waals surface area contributed by atoms with Crippen molar-refractivity contribution in [3.63, 3.8) is 0 Å². The minimum atomic E-state index is -4.49. The quantitative estimate of drug-likeness (QED) is 0.728. The van der Waals surface area contributed by atoms with Gasteiger partial charge in [0.05, 0.1) is 30.0 Å². The van der Waals surface area contributed by atoms with E-state index in [1.54, 1.807) is 31.2 Å². The van der Waals surface area contributed by atoms with Crippen LogP contribution in [0.25, 0.3) is 22.3 Å². The van der Waals surface area contributed by atoms with Crippen LogP contribution in [0.4, 0.5) is 13.2 Å². The summed E-state index contributed by atoms with van der Waals surface area (Å²) in [4.78, 5) is 4.38. The molecule has 0 radical (unpaired) electrons. The Balaban J connectivity index is 2.34. The van der Waals surface area contributed by atoms with E-state index in [-0.39, 0.29) is 16.7 Å². The van der Waals surface area contributed by atoms with Crippen LogP contribution in [-0.2, 0) is 12.7 Å². The molecule has 0 aliphatic rings. The molecule has 0 atom stereocenters. The first-order chi connectivity index (χ1) is 11.0. The fourth-order valence-electron chi connectivity index (χ4n) is 2.51. The highest BCUT2D eigenvalue weighted by atomic mass is 19.4. The van der Waals surface area contributed by atoms with Crippen molar-refractivity contribution in [2.24, 2.45) is 0 Å². The lowest BCUT2D eigenvalue weighted by Gasteiger charge is -2.12. The molecular weight excluding hydrogens is 307 g/mol. The molecule has 7 heteroatoms. The van der Waals surface area contributed by atoms with Crippen LogP contribution in [0.1, 0.15) is 12.5 Å². The van der Waals surface area contributed by atoms with Crippen molar-refractivity contribution in [1.82, 2.24) is 14.8 Å². The number of aromatic nitrogens is 3. The van der Waals surface area contributed by atoms with Crippen molar-refractivity contribution in [2.45, 2.75) is 19.6 Å². The van der Waals surface area contributed by atoms with E-state index in [4.69, 9.17) is 4.74 Å². The second-order valence-electron chi connectivity index (χ2n) is 4.95. The Hall–Kier alpha value is -2.57. The van der Waals surface area contributed by atoms with Crippen molar-refractivity contribution in [2.75, 3.05) is 7.11 Å². The summed E-state index contributed by atoms with van der Waals surface area (Å²) >= 11 is 0. The van der Waals surface area contributed by atoms with Crippen LogP contribution < -0.4 is 4.74 Å². The second-order valence-corrected chi connectivity index (χ2v) is 4.95. The molecule has 2 aromatic heterocycles. The summed E-state index contributed by atoms with van der Waals surface area (Å²) in [5, 5.41) is 3.99. The Bertz CT molecular complexity index is 855. The summed E-state index contributed by atoms with van der Waals surface area (Å²) in [6, 6.07) is 7.89. The van der Waals surface area contributed by atoms with Crippen molar-refractivity contribution in [1.29, 1.82) is 0 Å². The Morgan fingerprint density at radius 2 is 1.96 bits per heavy atom. The predicted molar refractivity (Wildman–Crippen MR) is 80.2 cm³/mol. The third kappa shape index (κ3) is 2.62. The maximum Gasteiger partial charge on any atom is 0.417 e. The van der Waals surface area contributed by atoms with Crippen molar-refractivity contribution < 1.29 is 17.9 Å². The largest absolute Gasteiger partial charge is 0.496 e. The first-order valence-corrected chi connectivity index (χ1v) is 7.03. The van der Waals surface area contributed by atoms with E-state index >= 15 is 0 Å². The first kappa shape index (κ1) is 15.3. The number of halogens is 3. The minimum Gasteiger partial charge on any atom is -0.496 e. The highest BCUT2D eigenvalue weighted by molar-refractivity contribution is 5.84. The average Bonchev–Trinajstić information content (AvgIpc) is 2.95. The maximum atomic E-state index is 13.4. The molecule has 0 unspecified atom stereocenters. The van der Waals surface area contributed by atoms with Gasteiger partial charge in [0, 0.05) is 12.1 Å². The molecule has 4 nitrogen and oxygen atoms in total. The summed E-state index contributed by atoms with van der Waals surface area (Å²) in [7, 11) is 1.47.